The van der Waals surface area contributed by atoms with Gasteiger partial charge in [-0.15, -0.1) is 0 Å². The summed E-state index contributed by atoms with van der Waals surface area (Å²) in [6, 6.07) is 19.9. The van der Waals surface area contributed by atoms with E-state index in [1.807, 2.05) is 54.6 Å². The smallest absolute Gasteiger partial charge is 0.248 e. The van der Waals surface area contributed by atoms with E-state index in [-0.39, 0.29) is 79.4 Å². The summed E-state index contributed by atoms with van der Waals surface area (Å²) in [6.45, 7) is 9.67. The number of methoxy groups -OCH3 is 2. The second-order valence-electron chi connectivity index (χ2n) is 23.6. The molecule has 6 amide bonds. The Morgan fingerprint density at radius 1 is 0.595 bits per heavy atom. The number of Topliss-reactive ketones (excluding diaryl/α,β-unsaturated/α-hetero) is 2. The summed E-state index contributed by atoms with van der Waals surface area (Å²) >= 11 is 0. The van der Waals surface area contributed by atoms with Crippen molar-refractivity contribution in [3.8, 4) is 23.0 Å². The molecule has 0 radical (unpaired) electrons. The van der Waals surface area contributed by atoms with Gasteiger partial charge in [-0.2, -0.15) is 0 Å². The fraction of sp³-hybridized carbons (Fsp3) is 0.469. The minimum absolute atomic E-state index is 0.128. The van der Waals surface area contributed by atoms with Crippen LogP contribution in [-0.4, -0.2) is 133 Å². The number of hydrogen-bond acceptors (Lipinski definition) is 14. The Labute approximate surface area is 489 Å². The number of rotatable bonds is 29. The van der Waals surface area contributed by atoms with Gasteiger partial charge in [0, 0.05) is 24.8 Å². The molecule has 0 bridgehead atoms. The first-order chi connectivity index (χ1) is 39.9. The number of epoxide rings is 2. The molecular formula is C64H78N6O14. The molecule has 20 heteroatoms. The fourth-order valence-electron chi connectivity index (χ4n) is 10.6. The van der Waals surface area contributed by atoms with Crippen LogP contribution in [0.15, 0.2) is 96.6 Å². The highest BCUT2D eigenvalue weighted by atomic mass is 16.6. The number of fused-ring (bicyclic) bond motifs is 1. The first kappa shape index (κ1) is 62.1. The molecule has 0 spiro atoms. The van der Waals surface area contributed by atoms with Gasteiger partial charge in [-0.05, 0) is 118 Å². The molecule has 7 N–H and O–H groups in total. The molecule has 448 valence electrons. The van der Waals surface area contributed by atoms with Gasteiger partial charge in [0.2, 0.25) is 35.4 Å². The van der Waals surface area contributed by atoms with Crippen molar-refractivity contribution in [1.29, 1.82) is 0 Å². The Morgan fingerprint density at radius 3 is 1.58 bits per heavy atom. The van der Waals surface area contributed by atoms with Crippen molar-refractivity contribution < 1.29 is 67.1 Å². The summed E-state index contributed by atoms with van der Waals surface area (Å²) in [4.78, 5) is 111. The van der Waals surface area contributed by atoms with Crippen LogP contribution in [0.3, 0.4) is 0 Å². The third-order valence-corrected chi connectivity index (χ3v) is 15.8. The monoisotopic (exact) mass is 1150 g/mol. The summed E-state index contributed by atoms with van der Waals surface area (Å²) in [5.41, 5.74) is 0.644. The van der Waals surface area contributed by atoms with E-state index in [0.29, 0.717) is 29.5 Å². The molecule has 8 rings (SSSR count). The summed E-state index contributed by atoms with van der Waals surface area (Å²) in [5, 5.41) is 27.1. The minimum atomic E-state index is -1.34. The van der Waals surface area contributed by atoms with Gasteiger partial charge in [0.25, 0.3) is 0 Å². The second kappa shape index (κ2) is 26.7. The van der Waals surface area contributed by atoms with Gasteiger partial charge in [0.15, 0.2) is 34.6 Å². The lowest BCUT2D eigenvalue weighted by Gasteiger charge is -2.27. The van der Waals surface area contributed by atoms with Gasteiger partial charge in [0.05, 0.1) is 51.5 Å². The highest BCUT2D eigenvalue weighted by molar-refractivity contribution is 6.03. The molecule has 84 heavy (non-hydrogen) atoms. The molecule has 0 aromatic heterocycles. The molecule has 8 atom stereocenters. The van der Waals surface area contributed by atoms with Crippen molar-refractivity contribution >= 4 is 53.1 Å². The van der Waals surface area contributed by atoms with Crippen molar-refractivity contribution in [2.24, 2.45) is 5.92 Å². The van der Waals surface area contributed by atoms with E-state index in [2.05, 4.69) is 31.9 Å². The lowest BCUT2D eigenvalue weighted by atomic mass is 9.90. The second-order valence-corrected chi connectivity index (χ2v) is 23.6. The van der Waals surface area contributed by atoms with E-state index in [9.17, 15) is 43.5 Å². The maximum atomic E-state index is 14.7. The van der Waals surface area contributed by atoms with Crippen molar-refractivity contribution in [3.63, 3.8) is 0 Å². The molecule has 8 unspecified atom stereocenters. The Balaban J connectivity index is 1.05. The zero-order valence-corrected chi connectivity index (χ0v) is 49.0. The van der Waals surface area contributed by atoms with Crippen LogP contribution in [0.25, 0.3) is 6.08 Å². The van der Waals surface area contributed by atoms with E-state index in [1.54, 1.807) is 56.3 Å². The molecule has 2 aliphatic carbocycles. The molecule has 4 aromatic rings. The number of carbonyl (C=O) groups excluding carboxylic acids is 8. The highest BCUT2D eigenvalue weighted by Gasteiger charge is 2.51. The summed E-state index contributed by atoms with van der Waals surface area (Å²) in [5.74, 6) is -3.24. The van der Waals surface area contributed by atoms with Gasteiger partial charge in [-0.25, -0.2) is 0 Å². The van der Waals surface area contributed by atoms with Crippen LogP contribution in [0.2, 0.25) is 0 Å². The van der Waals surface area contributed by atoms with Gasteiger partial charge in [-0.1, -0.05) is 92.4 Å². The molecule has 3 fully saturated rings. The molecule has 20 nitrogen and oxygen atoms in total. The van der Waals surface area contributed by atoms with E-state index in [4.69, 9.17) is 23.7 Å². The van der Waals surface area contributed by atoms with Crippen LogP contribution in [-0.2, 0) is 73.5 Å². The molecule has 1 saturated carbocycles. The normalized spacial score (nSPS) is 20.0. The molecule has 4 aromatic carbocycles. The van der Waals surface area contributed by atoms with Crippen LogP contribution in [0.5, 0.6) is 23.0 Å². The third-order valence-electron chi connectivity index (χ3n) is 15.8. The fourth-order valence-corrected chi connectivity index (χ4v) is 10.6. The predicted molar refractivity (Wildman–Crippen MR) is 311 cm³/mol. The zero-order chi connectivity index (χ0) is 60.5. The van der Waals surface area contributed by atoms with Crippen LogP contribution < -0.4 is 46.1 Å². The standard InChI is InChI=1S/C64H78N6O14/c1-37(65-54(71)34-62(3,4)79)57(74)69-48(60(77)68-47(27-40-18-12-13-19-40)56(73)64(6)36-83-64)28-41-22-24-50(80-7)52(30-41)84-53-31-42(23-25-51(53)81-8)29-49(61(78)67-46(55(72)63(5)35-82-63)26-39-16-10-9-11-17-39)70-58(75)38(2)66-59(76)45-32-43-20-14-15-21-44(43)33-45/h9-11,14-17,20-25,30-32,37-38,40,46-49,79H,12-13,18-19,26-29,33-36H2,1-8H3,(H,65,71)(H,66,76)(H,67,78)(H,68,77)(H,69,74)(H,70,75). The molecule has 2 heterocycles. The van der Waals surface area contributed by atoms with Crippen molar-refractivity contribution in [2.45, 2.75) is 159 Å². The molecular weight excluding hydrogens is 1080 g/mol. The lowest BCUT2D eigenvalue weighted by Crippen LogP contribution is -2.57. The third kappa shape index (κ3) is 16.4. The number of hydrogen-bond donors (Lipinski definition) is 7. The topological polar surface area (TPSA) is 282 Å². The van der Waals surface area contributed by atoms with Gasteiger partial charge < -0.3 is 60.7 Å². The minimum Gasteiger partial charge on any atom is -0.493 e. The Morgan fingerprint density at radius 2 is 1.07 bits per heavy atom. The summed E-state index contributed by atoms with van der Waals surface area (Å²) < 4.78 is 29.1. The predicted octanol–water partition coefficient (Wildman–Crippen LogP) is 4.87. The Hall–Kier alpha value is -7.94. The Bertz CT molecular complexity index is 3140. The number of nitrogens with one attached hydrogen (secondary N) is 6. The van der Waals surface area contributed by atoms with Crippen molar-refractivity contribution in [3.05, 3.63) is 124 Å². The first-order valence-electron chi connectivity index (χ1n) is 28.7. The lowest BCUT2D eigenvalue weighted by molar-refractivity contribution is -0.134. The maximum absolute atomic E-state index is 14.7. The molecule has 2 aliphatic heterocycles. The van der Waals surface area contributed by atoms with Crippen LogP contribution in [0.4, 0.5) is 0 Å². The van der Waals surface area contributed by atoms with E-state index < -0.39 is 88.5 Å². The number of ether oxygens (including phenoxy) is 5. The van der Waals surface area contributed by atoms with Gasteiger partial charge in [0.1, 0.15) is 35.4 Å². The maximum Gasteiger partial charge on any atom is 0.248 e. The average Bonchev–Trinajstić information content (AvgIpc) is 3.66. The number of carbonyl (C=O) groups is 8. The van der Waals surface area contributed by atoms with Crippen LogP contribution >= 0.6 is 0 Å². The first-order valence-corrected chi connectivity index (χ1v) is 28.7. The molecule has 4 aliphatic rings. The van der Waals surface area contributed by atoms with E-state index in [1.165, 1.54) is 41.9 Å². The quantitative estimate of drug-likeness (QED) is 0.0358. The number of amides is 6. The van der Waals surface area contributed by atoms with Crippen LogP contribution in [0.1, 0.15) is 108 Å². The van der Waals surface area contributed by atoms with Crippen molar-refractivity contribution in [2.75, 3.05) is 27.4 Å². The SMILES string of the molecule is COc1ccc(CC(NC(=O)C(C)NC(=O)CC(C)(C)O)C(=O)NC(CC2CCCC2)C(=O)C2(C)CO2)cc1Oc1cc(CC(NC(=O)C(C)NC(=O)C2=Cc3ccccc3C2)C(=O)NC(Cc2ccccc2)C(=O)C2(C)CO2)ccc1OC. The summed E-state index contributed by atoms with van der Waals surface area (Å²) in [6.07, 6.45) is 6.03. The van der Waals surface area contributed by atoms with Crippen molar-refractivity contribution in [1.82, 2.24) is 31.9 Å². The van der Waals surface area contributed by atoms with Crippen LogP contribution in [0, 0.1) is 5.92 Å². The number of ketones is 2. The average molecular weight is 1160 g/mol. The number of benzene rings is 4. The largest absolute Gasteiger partial charge is 0.493 e. The summed E-state index contributed by atoms with van der Waals surface area (Å²) in [7, 11) is 2.88. The zero-order valence-electron chi connectivity index (χ0n) is 49.0. The molecule has 2 saturated heterocycles. The Kier molecular flexibility index (Phi) is 19.8. The number of aliphatic hydroxyl groups is 1. The van der Waals surface area contributed by atoms with Gasteiger partial charge in [-0.3, -0.25) is 38.4 Å². The van der Waals surface area contributed by atoms with E-state index in [0.717, 1.165) is 42.4 Å². The highest BCUT2D eigenvalue weighted by Crippen LogP contribution is 2.39. The van der Waals surface area contributed by atoms with Gasteiger partial charge >= 0.3 is 0 Å². The van der Waals surface area contributed by atoms with E-state index >= 15 is 0 Å².